The van der Waals surface area contributed by atoms with Gasteiger partial charge in [0.05, 0.1) is 17.0 Å². The molecule has 1 aromatic heterocycles. The molecule has 0 aliphatic carbocycles. The first kappa shape index (κ1) is 18.2. The third-order valence-electron chi connectivity index (χ3n) is 4.59. The van der Waals surface area contributed by atoms with Gasteiger partial charge >= 0.3 is 0 Å². The van der Waals surface area contributed by atoms with Gasteiger partial charge in [0.15, 0.2) is 5.43 Å². The molecular formula is C24H16N2O3. The van der Waals surface area contributed by atoms with Crippen LogP contribution in [0.15, 0.2) is 82.0 Å². The summed E-state index contributed by atoms with van der Waals surface area (Å²) in [4.78, 5) is 24.8. The number of nitrogens with one attached hydrogen (secondary N) is 1. The van der Waals surface area contributed by atoms with Gasteiger partial charge in [-0.05, 0) is 55.5 Å². The first-order chi connectivity index (χ1) is 14.0. The molecule has 0 unspecified atom stereocenters. The molecule has 0 radical (unpaired) electrons. The zero-order chi connectivity index (χ0) is 20.4. The lowest BCUT2D eigenvalue weighted by molar-refractivity contribution is 0.102. The van der Waals surface area contributed by atoms with Crippen LogP contribution in [0.2, 0.25) is 0 Å². The van der Waals surface area contributed by atoms with Crippen molar-refractivity contribution in [2.45, 2.75) is 6.92 Å². The normalized spacial score (nSPS) is 10.5. The predicted octanol–water partition coefficient (Wildman–Crippen LogP) is 4.89. The summed E-state index contributed by atoms with van der Waals surface area (Å²) in [6.07, 6.45) is 0. The van der Waals surface area contributed by atoms with Crippen molar-refractivity contribution in [2.75, 3.05) is 5.32 Å². The van der Waals surface area contributed by atoms with Crippen molar-refractivity contribution >= 4 is 22.6 Å². The fraction of sp³-hybridized carbons (Fsp3) is 0.0417. The van der Waals surface area contributed by atoms with Crippen LogP contribution in [-0.4, -0.2) is 5.91 Å². The Hall–Kier alpha value is -4.17. The van der Waals surface area contributed by atoms with E-state index >= 15 is 0 Å². The average Bonchev–Trinajstić information content (AvgIpc) is 2.75. The van der Waals surface area contributed by atoms with Crippen molar-refractivity contribution in [1.82, 2.24) is 0 Å². The van der Waals surface area contributed by atoms with Crippen molar-refractivity contribution in [3.8, 4) is 17.4 Å². The maximum absolute atomic E-state index is 12.4. The second-order valence-electron chi connectivity index (χ2n) is 6.70. The van der Waals surface area contributed by atoms with E-state index in [1.165, 1.54) is 6.07 Å². The van der Waals surface area contributed by atoms with E-state index in [9.17, 15) is 9.59 Å². The first-order valence-electron chi connectivity index (χ1n) is 9.00. The number of aryl methyl sites for hydroxylation is 1. The van der Waals surface area contributed by atoms with Crippen LogP contribution in [0.1, 0.15) is 21.5 Å². The molecular weight excluding hydrogens is 364 g/mol. The minimum absolute atomic E-state index is 0.104. The quantitative estimate of drug-likeness (QED) is 0.548. The fourth-order valence-electron chi connectivity index (χ4n) is 3.03. The summed E-state index contributed by atoms with van der Waals surface area (Å²) in [7, 11) is 0. The molecule has 0 spiro atoms. The Balaban J connectivity index is 1.58. The summed E-state index contributed by atoms with van der Waals surface area (Å²) in [5.41, 5.74) is 3.73. The van der Waals surface area contributed by atoms with Crippen LogP contribution < -0.4 is 10.7 Å². The summed E-state index contributed by atoms with van der Waals surface area (Å²) >= 11 is 0. The van der Waals surface area contributed by atoms with Gasteiger partial charge in [0.25, 0.3) is 5.91 Å². The van der Waals surface area contributed by atoms with Gasteiger partial charge in [-0.1, -0.05) is 23.8 Å². The number of hydrogen-bond acceptors (Lipinski definition) is 4. The van der Waals surface area contributed by atoms with E-state index in [1.54, 1.807) is 54.6 Å². The summed E-state index contributed by atoms with van der Waals surface area (Å²) in [6, 6.07) is 22.5. The van der Waals surface area contributed by atoms with E-state index in [0.29, 0.717) is 39.1 Å². The minimum Gasteiger partial charge on any atom is -0.456 e. The largest absolute Gasteiger partial charge is 0.456 e. The lowest BCUT2D eigenvalue weighted by Crippen LogP contribution is -2.11. The first-order valence-corrected chi connectivity index (χ1v) is 9.00. The van der Waals surface area contributed by atoms with Crippen LogP contribution >= 0.6 is 0 Å². The monoisotopic (exact) mass is 380 g/mol. The number of hydrogen-bond donors (Lipinski definition) is 1. The molecule has 5 heteroatoms. The molecule has 0 saturated heterocycles. The van der Waals surface area contributed by atoms with E-state index in [2.05, 4.69) is 5.32 Å². The van der Waals surface area contributed by atoms with E-state index in [0.717, 1.165) is 5.56 Å². The highest BCUT2D eigenvalue weighted by molar-refractivity contribution is 6.04. The molecule has 0 fully saturated rings. The van der Waals surface area contributed by atoms with Crippen LogP contribution in [0.25, 0.3) is 22.3 Å². The lowest BCUT2D eigenvalue weighted by Gasteiger charge is -2.07. The third kappa shape index (κ3) is 3.78. The second kappa shape index (κ2) is 7.45. The second-order valence-corrected chi connectivity index (χ2v) is 6.70. The van der Waals surface area contributed by atoms with E-state index < -0.39 is 0 Å². The van der Waals surface area contributed by atoms with Crippen molar-refractivity contribution in [3.63, 3.8) is 0 Å². The van der Waals surface area contributed by atoms with Crippen LogP contribution in [0, 0.1) is 18.3 Å². The molecule has 140 valence electrons. The van der Waals surface area contributed by atoms with Crippen molar-refractivity contribution in [3.05, 3.63) is 99.7 Å². The van der Waals surface area contributed by atoms with Crippen LogP contribution in [-0.2, 0) is 0 Å². The van der Waals surface area contributed by atoms with Gasteiger partial charge in [0.2, 0.25) is 0 Å². The fourth-order valence-corrected chi connectivity index (χ4v) is 3.03. The molecule has 1 heterocycles. The Kier molecular flexibility index (Phi) is 4.68. The maximum Gasteiger partial charge on any atom is 0.255 e. The Morgan fingerprint density at radius 2 is 1.69 bits per heavy atom. The smallest absolute Gasteiger partial charge is 0.255 e. The number of amides is 1. The number of anilines is 1. The highest BCUT2D eigenvalue weighted by atomic mass is 16.3. The lowest BCUT2D eigenvalue weighted by atomic mass is 10.1. The number of nitrogens with zero attached hydrogens (tertiary/aromatic N) is 1. The van der Waals surface area contributed by atoms with E-state index in [1.807, 2.05) is 25.1 Å². The molecule has 29 heavy (non-hydrogen) atoms. The highest BCUT2D eigenvalue weighted by Gasteiger charge is 2.10. The number of rotatable bonds is 3. The minimum atomic E-state index is -0.267. The van der Waals surface area contributed by atoms with Gasteiger partial charge in [0.1, 0.15) is 11.3 Å². The molecule has 1 N–H and O–H groups in total. The number of benzene rings is 3. The summed E-state index contributed by atoms with van der Waals surface area (Å²) in [5, 5.41) is 12.2. The zero-order valence-corrected chi connectivity index (χ0v) is 15.6. The van der Waals surface area contributed by atoms with Gasteiger partial charge < -0.3 is 9.73 Å². The molecule has 4 aromatic rings. The van der Waals surface area contributed by atoms with Crippen LogP contribution in [0.4, 0.5) is 5.69 Å². The van der Waals surface area contributed by atoms with Crippen molar-refractivity contribution in [1.29, 1.82) is 5.26 Å². The summed E-state index contributed by atoms with van der Waals surface area (Å²) in [6.45, 7) is 1.93. The van der Waals surface area contributed by atoms with E-state index in [4.69, 9.17) is 9.68 Å². The summed E-state index contributed by atoms with van der Waals surface area (Å²) in [5.74, 6) is 0.183. The number of nitriles is 1. The van der Waals surface area contributed by atoms with Gasteiger partial charge in [0, 0.05) is 22.9 Å². The third-order valence-corrected chi connectivity index (χ3v) is 4.59. The molecule has 0 aliphatic rings. The molecule has 0 bridgehead atoms. The van der Waals surface area contributed by atoms with Gasteiger partial charge in [-0.3, -0.25) is 9.59 Å². The van der Waals surface area contributed by atoms with Gasteiger partial charge in [-0.25, -0.2) is 0 Å². The van der Waals surface area contributed by atoms with Crippen molar-refractivity contribution in [2.24, 2.45) is 0 Å². The zero-order valence-electron chi connectivity index (χ0n) is 15.6. The average molecular weight is 380 g/mol. The molecule has 4 rings (SSSR count). The standard InChI is InChI=1S/C24H16N2O3/c1-15-2-11-22-20(12-15)21(27)13-23(29-22)17-5-7-18(8-6-17)24(28)26-19-9-3-16(14-25)4-10-19/h2-13H,1H3,(H,26,28). The molecule has 1 amide bonds. The Labute approximate surface area is 166 Å². The molecule has 0 atom stereocenters. The number of carbonyl (C=O) groups is 1. The SMILES string of the molecule is Cc1ccc2oc(-c3ccc(C(=O)Nc4ccc(C#N)cc4)cc3)cc(=O)c2c1. The Morgan fingerprint density at radius 1 is 0.966 bits per heavy atom. The van der Waals surface area contributed by atoms with E-state index in [-0.39, 0.29) is 11.3 Å². The predicted molar refractivity (Wildman–Crippen MR) is 112 cm³/mol. The molecule has 0 saturated carbocycles. The van der Waals surface area contributed by atoms with Crippen LogP contribution in [0.5, 0.6) is 0 Å². The highest BCUT2D eigenvalue weighted by Crippen LogP contribution is 2.23. The van der Waals surface area contributed by atoms with Crippen LogP contribution in [0.3, 0.4) is 0 Å². The van der Waals surface area contributed by atoms with Crippen molar-refractivity contribution < 1.29 is 9.21 Å². The Bertz CT molecular complexity index is 1310. The summed E-state index contributed by atoms with van der Waals surface area (Å²) < 4.78 is 5.87. The Morgan fingerprint density at radius 3 is 2.38 bits per heavy atom. The van der Waals surface area contributed by atoms with Gasteiger partial charge in [-0.15, -0.1) is 0 Å². The topological polar surface area (TPSA) is 83.1 Å². The molecule has 3 aromatic carbocycles. The maximum atomic E-state index is 12.4. The number of fused-ring (bicyclic) bond motifs is 1. The number of carbonyl (C=O) groups excluding carboxylic acids is 1. The molecule has 5 nitrogen and oxygen atoms in total. The van der Waals surface area contributed by atoms with Gasteiger partial charge in [-0.2, -0.15) is 5.26 Å². The molecule has 0 aliphatic heterocycles.